The SMILES string of the molecule is C=C(OC)C(=O)c1ccccc1. The van der Waals surface area contributed by atoms with Crippen molar-refractivity contribution in [3.8, 4) is 0 Å². The standard InChI is InChI=1S/C10H10O2/c1-8(12-2)10(11)9-6-4-3-5-7-9/h3-7H,1H2,2H3. The summed E-state index contributed by atoms with van der Waals surface area (Å²) in [7, 11) is 1.43. The van der Waals surface area contributed by atoms with E-state index in [2.05, 4.69) is 6.58 Å². The molecule has 0 radical (unpaired) electrons. The van der Waals surface area contributed by atoms with Crippen molar-refractivity contribution in [2.24, 2.45) is 0 Å². The second-order valence-electron chi connectivity index (χ2n) is 2.32. The fourth-order valence-electron chi connectivity index (χ4n) is 0.843. The summed E-state index contributed by atoms with van der Waals surface area (Å²) in [6.45, 7) is 3.48. The van der Waals surface area contributed by atoms with E-state index in [1.54, 1.807) is 24.3 Å². The van der Waals surface area contributed by atoms with E-state index in [9.17, 15) is 4.79 Å². The third-order valence-corrected chi connectivity index (χ3v) is 1.54. The predicted octanol–water partition coefficient (Wildman–Crippen LogP) is 2.03. The summed E-state index contributed by atoms with van der Waals surface area (Å²) in [4.78, 5) is 11.4. The van der Waals surface area contributed by atoms with Crippen molar-refractivity contribution >= 4 is 5.78 Å². The van der Waals surface area contributed by atoms with Crippen LogP contribution in [0, 0.1) is 0 Å². The highest BCUT2D eigenvalue weighted by atomic mass is 16.5. The zero-order chi connectivity index (χ0) is 8.97. The Morgan fingerprint density at radius 3 is 2.42 bits per heavy atom. The number of ether oxygens (including phenoxy) is 1. The molecule has 0 aliphatic heterocycles. The van der Waals surface area contributed by atoms with E-state index in [4.69, 9.17) is 4.74 Å². The molecule has 2 nitrogen and oxygen atoms in total. The van der Waals surface area contributed by atoms with Gasteiger partial charge in [0, 0.05) is 5.56 Å². The van der Waals surface area contributed by atoms with Crippen LogP contribution in [0.2, 0.25) is 0 Å². The van der Waals surface area contributed by atoms with Crippen LogP contribution in [0.15, 0.2) is 42.7 Å². The molecule has 0 amide bonds. The number of benzene rings is 1. The molecule has 0 fully saturated rings. The van der Waals surface area contributed by atoms with Crippen molar-refractivity contribution in [3.63, 3.8) is 0 Å². The van der Waals surface area contributed by atoms with Crippen molar-refractivity contribution < 1.29 is 9.53 Å². The van der Waals surface area contributed by atoms with Crippen LogP contribution < -0.4 is 0 Å². The largest absolute Gasteiger partial charge is 0.493 e. The normalized spacial score (nSPS) is 9.08. The number of carbonyl (C=O) groups is 1. The highest BCUT2D eigenvalue weighted by Gasteiger charge is 2.08. The van der Waals surface area contributed by atoms with E-state index in [-0.39, 0.29) is 11.5 Å². The molecule has 0 aromatic heterocycles. The number of hydrogen-bond donors (Lipinski definition) is 0. The summed E-state index contributed by atoms with van der Waals surface area (Å²) in [5.74, 6) is -0.000648. The summed E-state index contributed by atoms with van der Waals surface area (Å²) in [5.41, 5.74) is 0.601. The maximum atomic E-state index is 11.4. The van der Waals surface area contributed by atoms with Crippen LogP contribution in [-0.4, -0.2) is 12.9 Å². The van der Waals surface area contributed by atoms with Crippen molar-refractivity contribution in [2.45, 2.75) is 0 Å². The predicted molar refractivity (Wildman–Crippen MR) is 46.9 cm³/mol. The van der Waals surface area contributed by atoms with E-state index in [1.807, 2.05) is 6.07 Å². The van der Waals surface area contributed by atoms with Gasteiger partial charge in [0.25, 0.3) is 0 Å². The van der Waals surface area contributed by atoms with Gasteiger partial charge in [-0.05, 0) is 0 Å². The van der Waals surface area contributed by atoms with Gasteiger partial charge in [0.1, 0.15) is 0 Å². The molecule has 1 aromatic rings. The van der Waals surface area contributed by atoms with Gasteiger partial charge >= 0.3 is 0 Å². The Morgan fingerprint density at radius 2 is 1.92 bits per heavy atom. The van der Waals surface area contributed by atoms with E-state index in [0.29, 0.717) is 5.56 Å². The maximum absolute atomic E-state index is 11.4. The third-order valence-electron chi connectivity index (χ3n) is 1.54. The Morgan fingerprint density at radius 1 is 1.33 bits per heavy atom. The molecule has 12 heavy (non-hydrogen) atoms. The minimum atomic E-state index is -0.168. The molecule has 0 aliphatic rings. The molecule has 0 saturated heterocycles. The number of carbonyl (C=O) groups excluding carboxylic acids is 1. The lowest BCUT2D eigenvalue weighted by Gasteiger charge is -2.01. The Kier molecular flexibility index (Phi) is 2.64. The Hall–Kier alpha value is -1.57. The minimum absolute atomic E-state index is 0.168. The molecule has 2 heteroatoms. The Labute approximate surface area is 71.5 Å². The lowest BCUT2D eigenvalue weighted by Crippen LogP contribution is -2.03. The summed E-state index contributed by atoms with van der Waals surface area (Å²) < 4.78 is 4.72. The molecule has 62 valence electrons. The van der Waals surface area contributed by atoms with Crippen LogP contribution in [0.5, 0.6) is 0 Å². The molecule has 0 N–H and O–H groups in total. The van der Waals surface area contributed by atoms with Crippen LogP contribution >= 0.6 is 0 Å². The first-order valence-corrected chi connectivity index (χ1v) is 3.58. The lowest BCUT2D eigenvalue weighted by molar-refractivity contribution is 0.0955. The van der Waals surface area contributed by atoms with Crippen molar-refractivity contribution in [2.75, 3.05) is 7.11 Å². The van der Waals surface area contributed by atoms with Gasteiger partial charge in [-0.3, -0.25) is 4.79 Å². The molecule has 0 bridgehead atoms. The zero-order valence-corrected chi connectivity index (χ0v) is 6.91. The lowest BCUT2D eigenvalue weighted by atomic mass is 10.1. The molecule has 0 saturated carbocycles. The first-order chi connectivity index (χ1) is 5.75. The summed E-state index contributed by atoms with van der Waals surface area (Å²) in [6.07, 6.45) is 0. The molecule has 0 aliphatic carbocycles. The quantitative estimate of drug-likeness (QED) is 0.386. The van der Waals surface area contributed by atoms with Crippen LogP contribution in [-0.2, 0) is 4.74 Å². The van der Waals surface area contributed by atoms with E-state index in [1.165, 1.54) is 7.11 Å². The van der Waals surface area contributed by atoms with Gasteiger partial charge in [-0.2, -0.15) is 0 Å². The van der Waals surface area contributed by atoms with E-state index in [0.717, 1.165) is 0 Å². The average Bonchev–Trinajstić information content (AvgIpc) is 2.17. The highest BCUT2D eigenvalue weighted by molar-refractivity contribution is 6.06. The number of Topliss-reactive ketones (excluding diaryl/α,β-unsaturated/α-hetero) is 1. The smallest absolute Gasteiger partial charge is 0.226 e. The molecule has 0 unspecified atom stereocenters. The highest BCUT2D eigenvalue weighted by Crippen LogP contribution is 2.06. The first kappa shape index (κ1) is 8.53. The molecule has 0 spiro atoms. The van der Waals surface area contributed by atoms with Gasteiger partial charge in [0.05, 0.1) is 7.11 Å². The minimum Gasteiger partial charge on any atom is -0.493 e. The number of methoxy groups -OCH3 is 1. The summed E-state index contributed by atoms with van der Waals surface area (Å²) in [5, 5.41) is 0. The molecule has 0 atom stereocenters. The van der Waals surface area contributed by atoms with Crippen molar-refractivity contribution in [1.82, 2.24) is 0 Å². The molecule has 0 heterocycles. The number of ketones is 1. The molecular weight excluding hydrogens is 152 g/mol. The van der Waals surface area contributed by atoms with Gasteiger partial charge in [-0.15, -0.1) is 0 Å². The van der Waals surface area contributed by atoms with Crippen molar-refractivity contribution in [1.29, 1.82) is 0 Å². The first-order valence-electron chi connectivity index (χ1n) is 3.58. The van der Waals surface area contributed by atoms with Crippen LogP contribution in [0.4, 0.5) is 0 Å². The average molecular weight is 162 g/mol. The monoisotopic (exact) mass is 162 g/mol. The van der Waals surface area contributed by atoms with Crippen LogP contribution in [0.3, 0.4) is 0 Å². The second-order valence-corrected chi connectivity index (χ2v) is 2.32. The number of hydrogen-bond acceptors (Lipinski definition) is 2. The van der Waals surface area contributed by atoms with Gasteiger partial charge in [0.2, 0.25) is 5.78 Å². The fraction of sp³-hybridized carbons (Fsp3) is 0.100. The third kappa shape index (κ3) is 1.72. The van der Waals surface area contributed by atoms with E-state index >= 15 is 0 Å². The molecule has 1 aromatic carbocycles. The fourth-order valence-corrected chi connectivity index (χ4v) is 0.843. The number of rotatable bonds is 3. The van der Waals surface area contributed by atoms with Crippen LogP contribution in [0.1, 0.15) is 10.4 Å². The van der Waals surface area contributed by atoms with E-state index < -0.39 is 0 Å². The maximum Gasteiger partial charge on any atom is 0.226 e. The van der Waals surface area contributed by atoms with Crippen LogP contribution in [0.25, 0.3) is 0 Å². The van der Waals surface area contributed by atoms with Crippen molar-refractivity contribution in [3.05, 3.63) is 48.2 Å². The molecule has 1 rings (SSSR count). The summed E-state index contributed by atoms with van der Waals surface area (Å²) >= 11 is 0. The topological polar surface area (TPSA) is 26.3 Å². The van der Waals surface area contributed by atoms with Gasteiger partial charge < -0.3 is 4.74 Å². The number of allylic oxidation sites excluding steroid dienone is 1. The van der Waals surface area contributed by atoms with Gasteiger partial charge in [-0.1, -0.05) is 36.9 Å². The zero-order valence-electron chi connectivity index (χ0n) is 6.91. The Bertz CT molecular complexity index is 288. The van der Waals surface area contributed by atoms with Gasteiger partial charge in [-0.25, -0.2) is 0 Å². The molecular formula is C10H10O2. The second kappa shape index (κ2) is 3.72. The Balaban J connectivity index is 2.86. The summed E-state index contributed by atoms with van der Waals surface area (Å²) in [6, 6.07) is 8.91. The van der Waals surface area contributed by atoms with Gasteiger partial charge in [0.15, 0.2) is 5.76 Å².